The number of hydrogen-bond donors (Lipinski definition) is 1. The van der Waals surface area contributed by atoms with E-state index in [4.69, 9.17) is 0 Å². The molecule has 2 heteroatoms. The van der Waals surface area contributed by atoms with E-state index in [2.05, 4.69) is 5.32 Å². The Morgan fingerprint density at radius 2 is 2.11 bits per heavy atom. The van der Waals surface area contributed by atoms with Crippen molar-refractivity contribution >= 4 is 0 Å². The van der Waals surface area contributed by atoms with Crippen molar-refractivity contribution < 1.29 is 4.39 Å². The third-order valence-corrected chi connectivity index (χ3v) is 2.01. The second kappa shape index (κ2) is 2.65. The molecule has 0 amide bonds. The molecule has 2 unspecified atom stereocenters. The molecule has 1 saturated carbocycles. The van der Waals surface area contributed by atoms with Gasteiger partial charge in [-0.2, -0.15) is 0 Å². The normalized spacial score (nSPS) is 25.7. The van der Waals surface area contributed by atoms with Gasteiger partial charge in [-0.05, 0) is 32.7 Å². The predicted molar refractivity (Wildman–Crippen MR) is 36.1 cm³/mol. The molecule has 1 rings (SSSR count). The summed E-state index contributed by atoms with van der Waals surface area (Å²) in [6.07, 6.45) is 1.57. The Labute approximate surface area is 55.6 Å². The monoisotopic (exact) mass is 131 g/mol. The van der Waals surface area contributed by atoms with Gasteiger partial charge in [-0.15, -0.1) is 0 Å². The van der Waals surface area contributed by atoms with Crippen molar-refractivity contribution in [1.82, 2.24) is 5.32 Å². The van der Waals surface area contributed by atoms with Gasteiger partial charge < -0.3 is 5.32 Å². The van der Waals surface area contributed by atoms with Gasteiger partial charge in [0.25, 0.3) is 0 Å². The summed E-state index contributed by atoms with van der Waals surface area (Å²) in [5, 5.41) is 2.91. The molecule has 0 radical (unpaired) electrons. The zero-order valence-electron chi connectivity index (χ0n) is 6.02. The average molecular weight is 131 g/mol. The Morgan fingerprint density at radius 3 is 2.44 bits per heavy atom. The van der Waals surface area contributed by atoms with Crippen molar-refractivity contribution in [3.8, 4) is 0 Å². The van der Waals surface area contributed by atoms with E-state index >= 15 is 0 Å². The molecule has 0 aromatic carbocycles. The van der Waals surface area contributed by atoms with Gasteiger partial charge >= 0.3 is 0 Å². The molecular weight excluding hydrogens is 117 g/mol. The molecule has 0 bridgehead atoms. The maximum atomic E-state index is 12.9. The summed E-state index contributed by atoms with van der Waals surface area (Å²) >= 11 is 0. The van der Waals surface area contributed by atoms with Gasteiger partial charge in [0.15, 0.2) is 0 Å². The lowest BCUT2D eigenvalue weighted by Crippen LogP contribution is -2.33. The lowest BCUT2D eigenvalue weighted by atomic mass is 10.1. The number of rotatable bonds is 3. The minimum atomic E-state index is -0.616. The largest absolute Gasteiger partial charge is 0.314 e. The molecule has 1 nitrogen and oxygen atoms in total. The summed E-state index contributed by atoms with van der Waals surface area (Å²) < 4.78 is 12.9. The van der Waals surface area contributed by atoms with Crippen LogP contribution < -0.4 is 5.32 Å². The van der Waals surface area contributed by atoms with Crippen LogP contribution in [-0.4, -0.2) is 19.3 Å². The lowest BCUT2D eigenvalue weighted by molar-refractivity contribution is 0.238. The van der Waals surface area contributed by atoms with Crippen LogP contribution in [0.5, 0.6) is 0 Å². The van der Waals surface area contributed by atoms with Crippen molar-refractivity contribution in [3.05, 3.63) is 0 Å². The van der Waals surface area contributed by atoms with Crippen molar-refractivity contribution in [2.24, 2.45) is 5.92 Å². The maximum Gasteiger partial charge on any atom is 0.118 e. The molecule has 2 atom stereocenters. The van der Waals surface area contributed by atoms with Crippen molar-refractivity contribution in [2.75, 3.05) is 7.05 Å². The fourth-order valence-corrected chi connectivity index (χ4v) is 0.982. The lowest BCUT2D eigenvalue weighted by Gasteiger charge is -2.14. The highest BCUT2D eigenvalue weighted by Gasteiger charge is 2.34. The van der Waals surface area contributed by atoms with Crippen LogP contribution in [-0.2, 0) is 0 Å². The van der Waals surface area contributed by atoms with Gasteiger partial charge in [0.05, 0.1) is 0 Å². The number of alkyl halides is 1. The molecule has 1 N–H and O–H groups in total. The van der Waals surface area contributed by atoms with Crippen LogP contribution in [0.2, 0.25) is 0 Å². The van der Waals surface area contributed by atoms with Gasteiger partial charge in [-0.25, -0.2) is 4.39 Å². The zero-order valence-corrected chi connectivity index (χ0v) is 6.02. The first-order valence-electron chi connectivity index (χ1n) is 3.57. The Bertz CT molecular complexity index is 90.9. The molecular formula is C7H14FN. The molecule has 0 spiro atoms. The van der Waals surface area contributed by atoms with Crippen LogP contribution in [0, 0.1) is 5.92 Å². The molecule has 1 fully saturated rings. The van der Waals surface area contributed by atoms with Gasteiger partial charge in [0.1, 0.15) is 6.17 Å². The van der Waals surface area contributed by atoms with E-state index in [1.54, 1.807) is 7.05 Å². The van der Waals surface area contributed by atoms with E-state index in [1.807, 2.05) is 6.92 Å². The van der Waals surface area contributed by atoms with E-state index in [0.717, 1.165) is 12.8 Å². The summed E-state index contributed by atoms with van der Waals surface area (Å²) in [5.74, 6) is 0.368. The predicted octanol–water partition coefficient (Wildman–Crippen LogP) is 1.34. The minimum absolute atomic E-state index is 0.0394. The first-order valence-corrected chi connectivity index (χ1v) is 3.57. The first-order chi connectivity index (χ1) is 4.25. The molecule has 0 saturated heterocycles. The van der Waals surface area contributed by atoms with E-state index in [9.17, 15) is 4.39 Å². The molecule has 0 aromatic rings. The Balaban J connectivity index is 2.22. The van der Waals surface area contributed by atoms with Crippen molar-refractivity contribution in [1.29, 1.82) is 0 Å². The second-order valence-electron chi connectivity index (χ2n) is 2.86. The number of halogens is 1. The molecule has 54 valence electrons. The summed E-state index contributed by atoms with van der Waals surface area (Å²) in [7, 11) is 1.81. The SMILES string of the molecule is CNC(C)C(F)C1CC1. The second-order valence-corrected chi connectivity index (χ2v) is 2.86. The van der Waals surface area contributed by atoms with E-state index in [-0.39, 0.29) is 6.04 Å². The molecule has 0 heterocycles. The first kappa shape index (κ1) is 7.00. The molecule has 0 aliphatic heterocycles. The summed E-state index contributed by atoms with van der Waals surface area (Å²) in [4.78, 5) is 0. The summed E-state index contributed by atoms with van der Waals surface area (Å²) in [5.41, 5.74) is 0. The smallest absolute Gasteiger partial charge is 0.118 e. The van der Waals surface area contributed by atoms with Gasteiger partial charge in [0, 0.05) is 6.04 Å². The highest BCUT2D eigenvalue weighted by molar-refractivity contribution is 4.86. The van der Waals surface area contributed by atoms with Crippen molar-refractivity contribution in [2.45, 2.75) is 32.0 Å². The molecule has 0 aromatic heterocycles. The Kier molecular flexibility index (Phi) is 2.06. The third kappa shape index (κ3) is 1.65. The van der Waals surface area contributed by atoms with E-state index < -0.39 is 6.17 Å². The topological polar surface area (TPSA) is 12.0 Å². The van der Waals surface area contributed by atoms with E-state index in [1.165, 1.54) is 0 Å². The third-order valence-electron chi connectivity index (χ3n) is 2.01. The van der Waals surface area contributed by atoms with Gasteiger partial charge in [-0.1, -0.05) is 0 Å². The number of hydrogen-bond acceptors (Lipinski definition) is 1. The van der Waals surface area contributed by atoms with Crippen LogP contribution in [0.3, 0.4) is 0 Å². The zero-order chi connectivity index (χ0) is 6.85. The highest BCUT2D eigenvalue weighted by atomic mass is 19.1. The summed E-state index contributed by atoms with van der Waals surface area (Å²) in [6, 6.07) is 0.0394. The molecule has 1 aliphatic carbocycles. The maximum absolute atomic E-state index is 12.9. The van der Waals surface area contributed by atoms with Crippen LogP contribution >= 0.6 is 0 Å². The van der Waals surface area contributed by atoms with Gasteiger partial charge in [0.2, 0.25) is 0 Å². The van der Waals surface area contributed by atoms with Crippen LogP contribution in [0.25, 0.3) is 0 Å². The highest BCUT2D eigenvalue weighted by Crippen LogP contribution is 2.35. The Hall–Kier alpha value is -0.110. The Morgan fingerprint density at radius 1 is 1.56 bits per heavy atom. The van der Waals surface area contributed by atoms with Gasteiger partial charge in [-0.3, -0.25) is 0 Å². The average Bonchev–Trinajstić information content (AvgIpc) is 2.66. The van der Waals surface area contributed by atoms with Crippen LogP contribution in [0.15, 0.2) is 0 Å². The molecule has 9 heavy (non-hydrogen) atoms. The van der Waals surface area contributed by atoms with Crippen LogP contribution in [0.4, 0.5) is 4.39 Å². The van der Waals surface area contributed by atoms with E-state index in [0.29, 0.717) is 5.92 Å². The standard InChI is InChI=1S/C7H14FN/c1-5(9-2)7(8)6-3-4-6/h5-7,9H,3-4H2,1-2H3. The summed E-state index contributed by atoms with van der Waals surface area (Å²) in [6.45, 7) is 1.89. The minimum Gasteiger partial charge on any atom is -0.314 e. The fraction of sp³-hybridized carbons (Fsp3) is 1.00. The molecule has 1 aliphatic rings. The van der Waals surface area contributed by atoms with Crippen LogP contribution in [0.1, 0.15) is 19.8 Å². The number of nitrogens with one attached hydrogen (secondary N) is 1. The fourth-order valence-electron chi connectivity index (χ4n) is 0.982. The van der Waals surface area contributed by atoms with Crippen molar-refractivity contribution in [3.63, 3.8) is 0 Å². The quantitative estimate of drug-likeness (QED) is 0.609.